The fourth-order valence-corrected chi connectivity index (χ4v) is 1.87. The molecule has 0 N–H and O–H groups in total. The van der Waals surface area contributed by atoms with Crippen molar-refractivity contribution >= 4 is 5.91 Å². The molecule has 0 radical (unpaired) electrons. The molecule has 19 heavy (non-hydrogen) atoms. The van der Waals surface area contributed by atoms with Gasteiger partial charge in [0.15, 0.2) is 6.10 Å². The Bertz CT molecular complexity index is 385. The van der Waals surface area contributed by atoms with Crippen LogP contribution in [0.5, 0.6) is 11.5 Å². The minimum Gasteiger partial charge on any atom is -0.497 e. The van der Waals surface area contributed by atoms with Crippen molar-refractivity contribution in [1.29, 1.82) is 0 Å². The van der Waals surface area contributed by atoms with Crippen LogP contribution in [0.1, 0.15) is 27.2 Å². The second kappa shape index (κ2) is 7.67. The van der Waals surface area contributed by atoms with E-state index in [0.717, 1.165) is 5.75 Å². The van der Waals surface area contributed by atoms with E-state index in [2.05, 4.69) is 0 Å². The molecule has 1 aromatic carbocycles. The Morgan fingerprint density at radius 2 is 1.63 bits per heavy atom. The molecule has 4 heteroatoms. The monoisotopic (exact) mass is 265 g/mol. The lowest BCUT2D eigenvalue weighted by molar-refractivity contribution is -0.138. The number of rotatable bonds is 7. The van der Waals surface area contributed by atoms with Gasteiger partial charge in [-0.3, -0.25) is 4.79 Å². The molecule has 0 aliphatic carbocycles. The van der Waals surface area contributed by atoms with Gasteiger partial charge in [0.1, 0.15) is 11.5 Å². The Labute approximate surface area is 115 Å². The minimum absolute atomic E-state index is 0.0447. The Morgan fingerprint density at radius 1 is 1.11 bits per heavy atom. The number of carbonyl (C=O) groups excluding carboxylic acids is 1. The molecule has 0 aliphatic heterocycles. The second-order valence-corrected chi connectivity index (χ2v) is 4.20. The number of ether oxygens (including phenoxy) is 2. The molecule has 0 aromatic heterocycles. The average Bonchev–Trinajstić information content (AvgIpc) is 2.46. The van der Waals surface area contributed by atoms with Gasteiger partial charge in [-0.2, -0.15) is 0 Å². The fourth-order valence-electron chi connectivity index (χ4n) is 1.87. The van der Waals surface area contributed by atoms with Crippen molar-refractivity contribution in [1.82, 2.24) is 4.90 Å². The third-order valence-electron chi connectivity index (χ3n) is 3.06. The molecule has 0 heterocycles. The lowest BCUT2D eigenvalue weighted by Gasteiger charge is -2.25. The molecule has 0 bridgehead atoms. The summed E-state index contributed by atoms with van der Waals surface area (Å²) in [4.78, 5) is 14.0. The van der Waals surface area contributed by atoms with Crippen LogP contribution in [-0.2, 0) is 4.79 Å². The third kappa shape index (κ3) is 4.16. The topological polar surface area (TPSA) is 38.8 Å². The average molecular weight is 265 g/mol. The summed E-state index contributed by atoms with van der Waals surface area (Å²) in [6, 6.07) is 7.28. The Balaban J connectivity index is 2.72. The first-order chi connectivity index (χ1) is 9.15. The molecule has 1 atom stereocenters. The summed E-state index contributed by atoms with van der Waals surface area (Å²) in [5.74, 6) is 1.51. The maximum atomic E-state index is 12.2. The van der Waals surface area contributed by atoms with Crippen molar-refractivity contribution in [2.24, 2.45) is 0 Å². The van der Waals surface area contributed by atoms with Gasteiger partial charge in [0.2, 0.25) is 0 Å². The molecule has 0 aliphatic rings. The van der Waals surface area contributed by atoms with Gasteiger partial charge in [0.05, 0.1) is 7.11 Å². The highest BCUT2D eigenvalue weighted by Crippen LogP contribution is 2.19. The number of amides is 1. The summed E-state index contributed by atoms with van der Waals surface area (Å²) in [5, 5.41) is 0. The van der Waals surface area contributed by atoms with Crippen LogP contribution < -0.4 is 9.47 Å². The first-order valence-corrected chi connectivity index (χ1v) is 6.75. The molecule has 0 unspecified atom stereocenters. The first kappa shape index (κ1) is 15.3. The summed E-state index contributed by atoms with van der Waals surface area (Å²) in [7, 11) is 1.62. The van der Waals surface area contributed by atoms with Gasteiger partial charge in [-0.1, -0.05) is 6.92 Å². The highest BCUT2D eigenvalue weighted by atomic mass is 16.5. The van der Waals surface area contributed by atoms with Crippen LogP contribution in [-0.4, -0.2) is 37.1 Å². The van der Waals surface area contributed by atoms with E-state index in [4.69, 9.17) is 9.47 Å². The van der Waals surface area contributed by atoms with Crippen LogP contribution in [0.4, 0.5) is 0 Å². The van der Waals surface area contributed by atoms with Crippen molar-refractivity contribution in [3.8, 4) is 11.5 Å². The summed E-state index contributed by atoms with van der Waals surface area (Å²) < 4.78 is 10.9. The van der Waals surface area contributed by atoms with E-state index >= 15 is 0 Å². The number of carbonyl (C=O) groups is 1. The zero-order valence-electron chi connectivity index (χ0n) is 12.2. The summed E-state index contributed by atoms with van der Waals surface area (Å²) >= 11 is 0. The molecule has 4 nitrogen and oxygen atoms in total. The van der Waals surface area contributed by atoms with Crippen LogP contribution in [0, 0.1) is 0 Å². The molecule has 1 rings (SSSR count). The van der Waals surface area contributed by atoms with Crippen molar-refractivity contribution in [2.45, 2.75) is 33.3 Å². The fraction of sp³-hybridized carbons (Fsp3) is 0.533. The van der Waals surface area contributed by atoms with Gasteiger partial charge >= 0.3 is 0 Å². The number of hydrogen-bond donors (Lipinski definition) is 0. The summed E-state index contributed by atoms with van der Waals surface area (Å²) in [6.45, 7) is 7.31. The number of nitrogens with zero attached hydrogens (tertiary/aromatic N) is 1. The summed E-state index contributed by atoms with van der Waals surface area (Å²) in [5.41, 5.74) is 0. The molecule has 1 amide bonds. The summed E-state index contributed by atoms with van der Waals surface area (Å²) in [6.07, 6.45) is 0.231. The van der Waals surface area contributed by atoms with Gasteiger partial charge in [0, 0.05) is 13.1 Å². The zero-order valence-corrected chi connectivity index (χ0v) is 12.2. The predicted octanol–water partition coefficient (Wildman–Crippen LogP) is 2.72. The van der Waals surface area contributed by atoms with Crippen molar-refractivity contribution < 1.29 is 14.3 Å². The predicted molar refractivity (Wildman–Crippen MR) is 75.6 cm³/mol. The van der Waals surface area contributed by atoms with Crippen molar-refractivity contribution in [3.05, 3.63) is 24.3 Å². The molecule has 106 valence electrons. The Hall–Kier alpha value is -1.71. The van der Waals surface area contributed by atoms with E-state index in [-0.39, 0.29) is 5.91 Å². The molecule has 0 saturated carbocycles. The van der Waals surface area contributed by atoms with Gasteiger partial charge < -0.3 is 14.4 Å². The molecule has 0 saturated heterocycles. The zero-order chi connectivity index (χ0) is 14.3. The second-order valence-electron chi connectivity index (χ2n) is 4.20. The van der Waals surface area contributed by atoms with Crippen LogP contribution in [0.15, 0.2) is 24.3 Å². The number of likely N-dealkylation sites (N-methyl/N-ethyl adjacent to an activating group) is 1. The van der Waals surface area contributed by atoms with E-state index in [1.165, 1.54) is 0 Å². The van der Waals surface area contributed by atoms with Crippen LogP contribution >= 0.6 is 0 Å². The van der Waals surface area contributed by atoms with Crippen molar-refractivity contribution in [3.63, 3.8) is 0 Å². The molecular weight excluding hydrogens is 242 g/mol. The quantitative estimate of drug-likeness (QED) is 0.761. The standard InChI is InChI=1S/C15H23NO3/c1-5-14(15(17)16(6-2)7-3)19-13-10-8-12(18-4)9-11-13/h8-11,14H,5-7H2,1-4H3/t14-/m1/s1. The maximum absolute atomic E-state index is 12.2. The van der Waals surface area contributed by atoms with Crippen molar-refractivity contribution in [2.75, 3.05) is 20.2 Å². The highest BCUT2D eigenvalue weighted by Gasteiger charge is 2.22. The Kier molecular flexibility index (Phi) is 6.19. The number of benzene rings is 1. The largest absolute Gasteiger partial charge is 0.497 e. The molecule has 0 spiro atoms. The van der Waals surface area contributed by atoms with Crippen LogP contribution in [0.3, 0.4) is 0 Å². The highest BCUT2D eigenvalue weighted by molar-refractivity contribution is 5.81. The SMILES string of the molecule is CC[C@@H](Oc1ccc(OC)cc1)C(=O)N(CC)CC. The van der Waals surface area contributed by atoms with Crippen LogP contribution in [0.25, 0.3) is 0 Å². The van der Waals surface area contributed by atoms with E-state index < -0.39 is 6.10 Å². The molecule has 0 fully saturated rings. The van der Waals surface area contributed by atoms with Gasteiger partial charge in [0.25, 0.3) is 5.91 Å². The van der Waals surface area contributed by atoms with E-state index in [1.54, 1.807) is 12.0 Å². The molecular formula is C15H23NO3. The number of methoxy groups -OCH3 is 1. The first-order valence-electron chi connectivity index (χ1n) is 6.75. The van der Waals surface area contributed by atoms with E-state index in [9.17, 15) is 4.79 Å². The number of hydrogen-bond acceptors (Lipinski definition) is 3. The third-order valence-corrected chi connectivity index (χ3v) is 3.06. The van der Waals surface area contributed by atoms with E-state index in [0.29, 0.717) is 25.3 Å². The minimum atomic E-state index is -0.423. The van der Waals surface area contributed by atoms with Crippen LogP contribution in [0.2, 0.25) is 0 Å². The normalized spacial score (nSPS) is 11.8. The van der Waals surface area contributed by atoms with Gasteiger partial charge in [-0.05, 0) is 44.5 Å². The van der Waals surface area contributed by atoms with Gasteiger partial charge in [-0.15, -0.1) is 0 Å². The molecule has 1 aromatic rings. The maximum Gasteiger partial charge on any atom is 0.263 e. The Morgan fingerprint density at radius 3 is 2.05 bits per heavy atom. The van der Waals surface area contributed by atoms with Gasteiger partial charge in [-0.25, -0.2) is 0 Å². The lowest BCUT2D eigenvalue weighted by atomic mass is 10.2. The smallest absolute Gasteiger partial charge is 0.263 e. The van der Waals surface area contributed by atoms with E-state index in [1.807, 2.05) is 45.0 Å². The lowest BCUT2D eigenvalue weighted by Crippen LogP contribution is -2.41.